The van der Waals surface area contributed by atoms with Gasteiger partial charge in [0.15, 0.2) is 0 Å². The number of ether oxygens (including phenoxy) is 1. The summed E-state index contributed by atoms with van der Waals surface area (Å²) in [5, 5.41) is 14.0. The molecule has 0 saturated carbocycles. The Balaban J connectivity index is 4.71. The SMILES string of the molecule is CCCC(NC(=O)[C@@H](NC(=O)COC)C(C)C)C(=O)O. The molecule has 116 valence electrons. The Morgan fingerprint density at radius 3 is 2.20 bits per heavy atom. The maximum atomic E-state index is 12.1. The van der Waals surface area contributed by atoms with Crippen molar-refractivity contribution in [1.82, 2.24) is 10.6 Å². The molecule has 1 unspecified atom stereocenters. The molecule has 20 heavy (non-hydrogen) atoms. The lowest BCUT2D eigenvalue weighted by molar-refractivity contribution is -0.142. The number of hydrogen-bond acceptors (Lipinski definition) is 4. The molecule has 0 fully saturated rings. The molecule has 0 aliphatic carbocycles. The summed E-state index contributed by atoms with van der Waals surface area (Å²) in [6, 6.07) is -1.72. The molecule has 3 N–H and O–H groups in total. The van der Waals surface area contributed by atoms with Gasteiger partial charge in [-0.05, 0) is 12.3 Å². The molecule has 7 heteroatoms. The summed E-state index contributed by atoms with van der Waals surface area (Å²) in [4.78, 5) is 34.6. The van der Waals surface area contributed by atoms with Crippen molar-refractivity contribution >= 4 is 17.8 Å². The molecule has 0 radical (unpaired) electrons. The zero-order valence-electron chi connectivity index (χ0n) is 12.4. The molecule has 0 spiro atoms. The highest BCUT2D eigenvalue weighted by atomic mass is 16.5. The van der Waals surface area contributed by atoms with E-state index in [0.29, 0.717) is 12.8 Å². The third-order valence-electron chi connectivity index (χ3n) is 2.73. The lowest BCUT2D eigenvalue weighted by Gasteiger charge is -2.23. The van der Waals surface area contributed by atoms with E-state index in [1.165, 1.54) is 7.11 Å². The Morgan fingerprint density at radius 2 is 1.80 bits per heavy atom. The molecule has 0 rings (SSSR count). The molecular weight excluding hydrogens is 264 g/mol. The lowest BCUT2D eigenvalue weighted by atomic mass is 10.0. The summed E-state index contributed by atoms with van der Waals surface area (Å²) >= 11 is 0. The minimum absolute atomic E-state index is 0.145. The molecule has 0 saturated heterocycles. The van der Waals surface area contributed by atoms with Gasteiger partial charge < -0.3 is 20.5 Å². The summed E-state index contributed by atoms with van der Waals surface area (Å²) in [5.41, 5.74) is 0. The van der Waals surface area contributed by atoms with Gasteiger partial charge in [-0.3, -0.25) is 9.59 Å². The molecule has 0 aliphatic heterocycles. The van der Waals surface area contributed by atoms with Crippen molar-refractivity contribution < 1.29 is 24.2 Å². The first-order valence-electron chi connectivity index (χ1n) is 6.64. The van der Waals surface area contributed by atoms with Gasteiger partial charge in [-0.1, -0.05) is 27.2 Å². The summed E-state index contributed by atoms with van der Waals surface area (Å²) in [6.45, 7) is 5.23. The molecule has 0 heterocycles. The molecule has 0 aromatic rings. The van der Waals surface area contributed by atoms with Crippen LogP contribution < -0.4 is 10.6 Å². The topological polar surface area (TPSA) is 105 Å². The van der Waals surface area contributed by atoms with Gasteiger partial charge in [-0.25, -0.2) is 4.79 Å². The number of rotatable bonds is 9. The number of nitrogens with one attached hydrogen (secondary N) is 2. The first kappa shape index (κ1) is 18.4. The highest BCUT2D eigenvalue weighted by molar-refractivity contribution is 5.90. The normalized spacial score (nSPS) is 13.7. The van der Waals surface area contributed by atoms with E-state index in [1.807, 2.05) is 6.92 Å². The van der Waals surface area contributed by atoms with Crippen molar-refractivity contribution in [2.45, 2.75) is 45.7 Å². The van der Waals surface area contributed by atoms with Crippen LogP contribution in [-0.4, -0.2) is 48.7 Å². The Kier molecular flexibility index (Phi) is 8.54. The van der Waals surface area contributed by atoms with Crippen LogP contribution in [0.15, 0.2) is 0 Å². The number of amides is 2. The van der Waals surface area contributed by atoms with Gasteiger partial charge in [0.25, 0.3) is 0 Å². The fourth-order valence-electron chi connectivity index (χ4n) is 1.69. The average molecular weight is 288 g/mol. The van der Waals surface area contributed by atoms with E-state index in [1.54, 1.807) is 13.8 Å². The largest absolute Gasteiger partial charge is 0.480 e. The molecule has 2 atom stereocenters. The summed E-state index contributed by atoms with van der Waals surface area (Å²) in [5.74, 6) is -2.15. The van der Waals surface area contributed by atoms with E-state index in [-0.39, 0.29) is 12.5 Å². The van der Waals surface area contributed by atoms with Crippen LogP contribution in [0.1, 0.15) is 33.6 Å². The fraction of sp³-hybridized carbons (Fsp3) is 0.769. The van der Waals surface area contributed by atoms with E-state index in [2.05, 4.69) is 15.4 Å². The lowest BCUT2D eigenvalue weighted by Crippen LogP contribution is -2.54. The van der Waals surface area contributed by atoms with Crippen LogP contribution in [0.5, 0.6) is 0 Å². The van der Waals surface area contributed by atoms with Crippen molar-refractivity contribution in [3.05, 3.63) is 0 Å². The standard InChI is InChI=1S/C13H24N2O5/c1-5-6-9(13(18)19)14-12(17)11(8(2)3)15-10(16)7-20-4/h8-9,11H,5-7H2,1-4H3,(H,14,17)(H,15,16)(H,18,19)/t9?,11-/m0/s1. The monoisotopic (exact) mass is 288 g/mol. The quantitative estimate of drug-likeness (QED) is 0.560. The van der Waals surface area contributed by atoms with Gasteiger partial charge in [-0.15, -0.1) is 0 Å². The number of carbonyl (C=O) groups is 3. The van der Waals surface area contributed by atoms with Crippen molar-refractivity contribution in [3.63, 3.8) is 0 Å². The first-order chi connectivity index (χ1) is 9.33. The predicted molar refractivity (Wildman–Crippen MR) is 73.1 cm³/mol. The number of carbonyl (C=O) groups excluding carboxylic acids is 2. The molecular formula is C13H24N2O5. The molecule has 2 amide bonds. The smallest absolute Gasteiger partial charge is 0.326 e. The second-order valence-electron chi connectivity index (χ2n) is 4.91. The molecule has 0 aromatic heterocycles. The summed E-state index contributed by atoms with van der Waals surface area (Å²) in [6.07, 6.45) is 0.984. The van der Waals surface area contributed by atoms with Crippen LogP contribution in [0, 0.1) is 5.92 Å². The molecule has 7 nitrogen and oxygen atoms in total. The number of carboxylic acid groups (broad SMARTS) is 1. The second kappa shape index (κ2) is 9.30. The Labute approximate surface area is 119 Å². The van der Waals surface area contributed by atoms with Gasteiger partial charge in [0.1, 0.15) is 18.7 Å². The van der Waals surface area contributed by atoms with Gasteiger partial charge >= 0.3 is 5.97 Å². The van der Waals surface area contributed by atoms with Crippen LogP contribution in [0.25, 0.3) is 0 Å². The van der Waals surface area contributed by atoms with E-state index in [0.717, 1.165) is 0 Å². The van der Waals surface area contributed by atoms with Crippen LogP contribution in [0.3, 0.4) is 0 Å². The summed E-state index contributed by atoms with van der Waals surface area (Å²) < 4.78 is 4.68. The Hall–Kier alpha value is -1.63. The fourth-order valence-corrected chi connectivity index (χ4v) is 1.69. The van der Waals surface area contributed by atoms with Crippen LogP contribution >= 0.6 is 0 Å². The average Bonchev–Trinajstić information content (AvgIpc) is 2.35. The Morgan fingerprint density at radius 1 is 1.20 bits per heavy atom. The van der Waals surface area contributed by atoms with E-state index >= 15 is 0 Å². The van der Waals surface area contributed by atoms with Crippen LogP contribution in [-0.2, 0) is 19.1 Å². The molecule has 0 aromatic carbocycles. The third-order valence-corrected chi connectivity index (χ3v) is 2.73. The first-order valence-corrected chi connectivity index (χ1v) is 6.64. The molecule has 0 bridgehead atoms. The zero-order valence-corrected chi connectivity index (χ0v) is 12.4. The van der Waals surface area contributed by atoms with Gasteiger partial charge in [0.2, 0.25) is 11.8 Å². The van der Waals surface area contributed by atoms with Crippen molar-refractivity contribution in [2.75, 3.05) is 13.7 Å². The number of carboxylic acids is 1. The molecule has 0 aliphatic rings. The number of hydrogen-bond donors (Lipinski definition) is 3. The maximum absolute atomic E-state index is 12.1. The van der Waals surface area contributed by atoms with E-state index < -0.39 is 29.9 Å². The van der Waals surface area contributed by atoms with E-state index in [9.17, 15) is 14.4 Å². The summed E-state index contributed by atoms with van der Waals surface area (Å²) in [7, 11) is 1.38. The zero-order chi connectivity index (χ0) is 15.7. The number of methoxy groups -OCH3 is 1. The highest BCUT2D eigenvalue weighted by Gasteiger charge is 2.28. The van der Waals surface area contributed by atoms with Crippen molar-refractivity contribution in [2.24, 2.45) is 5.92 Å². The highest BCUT2D eigenvalue weighted by Crippen LogP contribution is 2.04. The van der Waals surface area contributed by atoms with Gasteiger partial charge in [-0.2, -0.15) is 0 Å². The van der Waals surface area contributed by atoms with Crippen LogP contribution in [0.2, 0.25) is 0 Å². The predicted octanol–water partition coefficient (Wildman–Crippen LogP) is 0.143. The van der Waals surface area contributed by atoms with Crippen molar-refractivity contribution in [1.29, 1.82) is 0 Å². The van der Waals surface area contributed by atoms with Crippen molar-refractivity contribution in [3.8, 4) is 0 Å². The van der Waals surface area contributed by atoms with Gasteiger partial charge in [0.05, 0.1) is 0 Å². The van der Waals surface area contributed by atoms with E-state index in [4.69, 9.17) is 5.11 Å². The second-order valence-corrected chi connectivity index (χ2v) is 4.91. The maximum Gasteiger partial charge on any atom is 0.326 e. The third kappa shape index (κ3) is 6.51. The Bertz CT molecular complexity index is 344. The minimum Gasteiger partial charge on any atom is -0.480 e. The van der Waals surface area contributed by atoms with Gasteiger partial charge in [0, 0.05) is 7.11 Å². The van der Waals surface area contributed by atoms with Crippen LogP contribution in [0.4, 0.5) is 0 Å². The number of aliphatic carboxylic acids is 1. The minimum atomic E-state index is -1.08.